The van der Waals surface area contributed by atoms with Gasteiger partial charge in [-0.25, -0.2) is 0 Å². The molecule has 2 rings (SSSR count). The van der Waals surface area contributed by atoms with Gasteiger partial charge in [0.25, 0.3) is 0 Å². The highest BCUT2D eigenvalue weighted by Gasteiger charge is 2.04. The number of benzene rings is 2. The molecule has 1 amide bonds. The quantitative estimate of drug-likeness (QED) is 0.446. The van der Waals surface area contributed by atoms with Crippen LogP contribution < -0.4 is 20.1 Å². The Bertz CT molecular complexity index is 832. The Kier molecular flexibility index (Phi) is 9.18. The van der Waals surface area contributed by atoms with Crippen LogP contribution in [0.1, 0.15) is 32.8 Å². The Morgan fingerprint density at radius 1 is 1.10 bits per heavy atom. The van der Waals surface area contributed by atoms with Gasteiger partial charge < -0.3 is 14.8 Å². The molecule has 0 saturated heterocycles. The number of amides is 1. The lowest BCUT2D eigenvalue weighted by molar-refractivity contribution is -0.115. The van der Waals surface area contributed by atoms with Crippen LogP contribution in [0, 0.1) is 5.92 Å². The number of hydrogen-bond acceptors (Lipinski definition) is 4. The van der Waals surface area contributed by atoms with Crippen LogP contribution in [0.2, 0.25) is 0 Å². The van der Waals surface area contributed by atoms with Gasteiger partial charge in [-0.3, -0.25) is 10.1 Å². The van der Waals surface area contributed by atoms with Gasteiger partial charge in [0.1, 0.15) is 11.5 Å². The fourth-order valence-corrected chi connectivity index (χ4v) is 2.62. The largest absolute Gasteiger partial charge is 0.494 e. The molecule has 2 N–H and O–H groups in total. The van der Waals surface area contributed by atoms with Gasteiger partial charge in [0.05, 0.1) is 13.2 Å². The second-order valence-electron chi connectivity index (χ2n) is 6.84. The third-order valence-corrected chi connectivity index (χ3v) is 4.11. The van der Waals surface area contributed by atoms with Crippen LogP contribution in [0.25, 0.3) is 6.08 Å². The van der Waals surface area contributed by atoms with E-state index in [4.69, 9.17) is 21.7 Å². The van der Waals surface area contributed by atoms with E-state index in [1.54, 1.807) is 6.08 Å². The fourth-order valence-electron chi connectivity index (χ4n) is 2.41. The van der Waals surface area contributed by atoms with Crippen molar-refractivity contribution in [1.82, 2.24) is 5.32 Å². The molecule has 2 aromatic carbocycles. The molecule has 0 heterocycles. The number of thiocarbonyl (C=S) groups is 1. The predicted octanol–water partition coefficient (Wildman–Crippen LogP) is 5.04. The minimum Gasteiger partial charge on any atom is -0.494 e. The van der Waals surface area contributed by atoms with Crippen molar-refractivity contribution in [2.45, 2.75) is 27.2 Å². The lowest BCUT2D eigenvalue weighted by Crippen LogP contribution is -2.32. The van der Waals surface area contributed by atoms with Gasteiger partial charge in [0, 0.05) is 17.8 Å². The SMILES string of the molecule is CCOc1ccc(/C=C/C(=O)NC(=S)Nc2cccc(OCCC(C)C)c2)cc1. The van der Waals surface area contributed by atoms with Gasteiger partial charge >= 0.3 is 0 Å². The molecule has 5 nitrogen and oxygen atoms in total. The average Bonchev–Trinajstić information content (AvgIpc) is 2.67. The molecule has 0 aliphatic rings. The monoisotopic (exact) mass is 412 g/mol. The van der Waals surface area contributed by atoms with Crippen molar-refractivity contribution in [2.24, 2.45) is 5.92 Å². The van der Waals surface area contributed by atoms with Crippen LogP contribution in [-0.4, -0.2) is 24.2 Å². The maximum atomic E-state index is 12.1. The zero-order chi connectivity index (χ0) is 21.1. The molecule has 0 saturated carbocycles. The summed E-state index contributed by atoms with van der Waals surface area (Å²) < 4.78 is 11.1. The van der Waals surface area contributed by atoms with Crippen molar-refractivity contribution in [1.29, 1.82) is 0 Å². The molecule has 0 aliphatic carbocycles. The van der Waals surface area contributed by atoms with Gasteiger partial charge in [-0.2, -0.15) is 0 Å². The number of hydrogen-bond donors (Lipinski definition) is 2. The van der Waals surface area contributed by atoms with E-state index in [0.717, 1.165) is 29.2 Å². The van der Waals surface area contributed by atoms with Gasteiger partial charge in [-0.05, 0) is 67.4 Å². The van der Waals surface area contributed by atoms with E-state index in [2.05, 4.69) is 24.5 Å². The fraction of sp³-hybridized carbons (Fsp3) is 0.304. The summed E-state index contributed by atoms with van der Waals surface area (Å²) in [5.74, 6) is 1.85. The summed E-state index contributed by atoms with van der Waals surface area (Å²) in [5, 5.41) is 5.87. The Hall–Kier alpha value is -2.86. The van der Waals surface area contributed by atoms with Crippen molar-refractivity contribution < 1.29 is 14.3 Å². The topological polar surface area (TPSA) is 59.6 Å². The minimum atomic E-state index is -0.305. The molecular formula is C23H28N2O3S. The second-order valence-corrected chi connectivity index (χ2v) is 7.25. The summed E-state index contributed by atoms with van der Waals surface area (Å²) in [6.07, 6.45) is 4.15. The second kappa shape index (κ2) is 11.9. The van der Waals surface area contributed by atoms with E-state index in [0.29, 0.717) is 19.1 Å². The van der Waals surface area contributed by atoms with Crippen molar-refractivity contribution >= 4 is 35.0 Å². The van der Waals surface area contributed by atoms with Crippen LogP contribution >= 0.6 is 12.2 Å². The van der Waals surface area contributed by atoms with Gasteiger partial charge in [-0.15, -0.1) is 0 Å². The lowest BCUT2D eigenvalue weighted by Gasteiger charge is -2.11. The van der Waals surface area contributed by atoms with Gasteiger partial charge in [-0.1, -0.05) is 32.0 Å². The summed E-state index contributed by atoms with van der Waals surface area (Å²) in [6.45, 7) is 7.54. The molecule has 0 aliphatic heterocycles. The number of anilines is 1. The van der Waals surface area contributed by atoms with Crippen LogP contribution in [0.15, 0.2) is 54.6 Å². The first-order valence-corrected chi connectivity index (χ1v) is 10.1. The highest BCUT2D eigenvalue weighted by atomic mass is 32.1. The van der Waals surface area contributed by atoms with Crippen LogP contribution in [0.5, 0.6) is 11.5 Å². The molecule has 2 aromatic rings. The van der Waals surface area contributed by atoms with E-state index in [1.807, 2.05) is 55.5 Å². The van der Waals surface area contributed by atoms with Crippen molar-refractivity contribution in [3.05, 3.63) is 60.2 Å². The first-order valence-electron chi connectivity index (χ1n) is 9.72. The minimum absolute atomic E-state index is 0.227. The molecule has 0 spiro atoms. The number of nitrogens with one attached hydrogen (secondary N) is 2. The molecule has 0 radical (unpaired) electrons. The van der Waals surface area contributed by atoms with E-state index in [9.17, 15) is 4.79 Å². The van der Waals surface area contributed by atoms with Crippen LogP contribution in [0.4, 0.5) is 5.69 Å². The number of carbonyl (C=O) groups excluding carboxylic acids is 1. The summed E-state index contributed by atoms with van der Waals surface area (Å²) in [4.78, 5) is 12.1. The zero-order valence-electron chi connectivity index (χ0n) is 17.1. The average molecular weight is 413 g/mol. The van der Waals surface area contributed by atoms with E-state index < -0.39 is 0 Å². The smallest absolute Gasteiger partial charge is 0.250 e. The number of ether oxygens (including phenoxy) is 2. The zero-order valence-corrected chi connectivity index (χ0v) is 17.9. The predicted molar refractivity (Wildman–Crippen MR) is 122 cm³/mol. The molecular weight excluding hydrogens is 384 g/mol. The Morgan fingerprint density at radius 3 is 2.55 bits per heavy atom. The molecule has 0 atom stereocenters. The molecule has 0 aromatic heterocycles. The Balaban J connectivity index is 1.82. The normalized spacial score (nSPS) is 10.8. The molecule has 6 heteroatoms. The van der Waals surface area contributed by atoms with E-state index in [1.165, 1.54) is 6.08 Å². The van der Waals surface area contributed by atoms with Crippen LogP contribution in [-0.2, 0) is 4.79 Å². The third-order valence-electron chi connectivity index (χ3n) is 3.91. The van der Waals surface area contributed by atoms with E-state index >= 15 is 0 Å². The summed E-state index contributed by atoms with van der Waals surface area (Å²) >= 11 is 5.22. The van der Waals surface area contributed by atoms with Gasteiger partial charge in [0.15, 0.2) is 5.11 Å². The first kappa shape index (κ1) is 22.4. The molecule has 0 unspecified atom stereocenters. The molecule has 0 bridgehead atoms. The van der Waals surface area contributed by atoms with Crippen molar-refractivity contribution in [3.63, 3.8) is 0 Å². The molecule has 0 fully saturated rings. The Labute approximate surface area is 178 Å². The molecule has 154 valence electrons. The summed E-state index contributed by atoms with van der Waals surface area (Å²) in [7, 11) is 0. The number of carbonyl (C=O) groups is 1. The Morgan fingerprint density at radius 2 is 1.86 bits per heavy atom. The van der Waals surface area contributed by atoms with Crippen LogP contribution in [0.3, 0.4) is 0 Å². The van der Waals surface area contributed by atoms with Crippen molar-refractivity contribution in [2.75, 3.05) is 18.5 Å². The highest BCUT2D eigenvalue weighted by Crippen LogP contribution is 2.18. The number of rotatable bonds is 9. The maximum Gasteiger partial charge on any atom is 0.250 e. The van der Waals surface area contributed by atoms with Crippen molar-refractivity contribution in [3.8, 4) is 11.5 Å². The summed E-state index contributed by atoms with van der Waals surface area (Å²) in [5.41, 5.74) is 1.65. The lowest BCUT2D eigenvalue weighted by atomic mass is 10.1. The van der Waals surface area contributed by atoms with Gasteiger partial charge in [0.2, 0.25) is 5.91 Å². The first-order chi connectivity index (χ1) is 14.0. The standard InChI is InChI=1S/C23H28N2O3S/c1-4-27-20-11-8-18(9-12-20)10-13-22(26)25-23(29)24-19-6-5-7-21(16-19)28-15-14-17(2)3/h5-13,16-17H,4,14-15H2,1-3H3,(H2,24,25,26,29)/b13-10+. The maximum absolute atomic E-state index is 12.1. The highest BCUT2D eigenvalue weighted by molar-refractivity contribution is 7.80. The molecule has 29 heavy (non-hydrogen) atoms. The van der Waals surface area contributed by atoms with E-state index in [-0.39, 0.29) is 11.0 Å². The summed E-state index contributed by atoms with van der Waals surface area (Å²) in [6, 6.07) is 15.0. The third kappa shape index (κ3) is 8.79.